The molecule has 0 aliphatic carbocycles. The van der Waals surface area contributed by atoms with E-state index >= 15 is 0 Å². The molecule has 0 aliphatic rings. The van der Waals surface area contributed by atoms with E-state index < -0.39 is 6.10 Å². The number of carbonyl (C=O) groups excluding carboxylic acids is 3. The molecular formula is C58H112O6. The average Bonchev–Trinajstić information content (AvgIpc) is 3.28. The molecule has 0 spiro atoms. The molecule has 0 heterocycles. The first-order valence-electron chi connectivity index (χ1n) is 28.9. The highest BCUT2D eigenvalue weighted by Gasteiger charge is 2.19. The van der Waals surface area contributed by atoms with Gasteiger partial charge in [-0.3, -0.25) is 14.4 Å². The van der Waals surface area contributed by atoms with Gasteiger partial charge in [0.25, 0.3) is 0 Å². The zero-order valence-electron chi connectivity index (χ0n) is 43.8. The molecule has 0 N–H and O–H groups in total. The van der Waals surface area contributed by atoms with Gasteiger partial charge in [0, 0.05) is 19.3 Å². The van der Waals surface area contributed by atoms with Gasteiger partial charge in [0.05, 0.1) is 0 Å². The normalized spacial score (nSPS) is 12.0. The van der Waals surface area contributed by atoms with Crippen molar-refractivity contribution in [2.45, 2.75) is 336 Å². The van der Waals surface area contributed by atoms with Crippen LogP contribution in [0.4, 0.5) is 0 Å². The van der Waals surface area contributed by atoms with Gasteiger partial charge in [-0.05, 0) is 25.2 Å². The van der Waals surface area contributed by atoms with E-state index in [-0.39, 0.29) is 31.1 Å². The molecule has 0 saturated heterocycles. The van der Waals surface area contributed by atoms with Crippen LogP contribution in [0.2, 0.25) is 0 Å². The Bertz CT molecular complexity index is 964. The molecule has 0 amide bonds. The Morgan fingerprint density at radius 2 is 0.516 bits per heavy atom. The lowest BCUT2D eigenvalue weighted by Gasteiger charge is -2.18. The van der Waals surface area contributed by atoms with Crippen molar-refractivity contribution >= 4 is 17.9 Å². The monoisotopic (exact) mass is 905 g/mol. The predicted octanol–water partition coefficient (Wildman–Crippen LogP) is 19.0. The second kappa shape index (κ2) is 52.4. The highest BCUT2D eigenvalue weighted by Crippen LogP contribution is 2.18. The van der Waals surface area contributed by atoms with Crippen LogP contribution in [0.15, 0.2) is 0 Å². The lowest BCUT2D eigenvalue weighted by molar-refractivity contribution is -0.167. The van der Waals surface area contributed by atoms with E-state index in [0.717, 1.165) is 63.7 Å². The van der Waals surface area contributed by atoms with E-state index in [2.05, 4.69) is 27.7 Å². The van der Waals surface area contributed by atoms with Gasteiger partial charge in [-0.15, -0.1) is 0 Å². The fourth-order valence-electron chi connectivity index (χ4n) is 8.92. The van der Waals surface area contributed by atoms with Crippen molar-refractivity contribution in [2.75, 3.05) is 13.2 Å². The van der Waals surface area contributed by atoms with Gasteiger partial charge in [-0.1, -0.05) is 291 Å². The van der Waals surface area contributed by atoms with Crippen molar-refractivity contribution in [1.29, 1.82) is 0 Å². The van der Waals surface area contributed by atoms with Crippen molar-refractivity contribution < 1.29 is 28.6 Å². The van der Waals surface area contributed by atoms with Crippen molar-refractivity contribution in [3.63, 3.8) is 0 Å². The summed E-state index contributed by atoms with van der Waals surface area (Å²) >= 11 is 0. The smallest absolute Gasteiger partial charge is 0.306 e. The summed E-state index contributed by atoms with van der Waals surface area (Å²) in [5, 5.41) is 0. The Labute approximate surface area is 399 Å². The van der Waals surface area contributed by atoms with E-state index in [1.165, 1.54) is 225 Å². The molecule has 0 radical (unpaired) electrons. The molecule has 0 fully saturated rings. The van der Waals surface area contributed by atoms with E-state index in [0.29, 0.717) is 19.3 Å². The van der Waals surface area contributed by atoms with Crippen LogP contribution >= 0.6 is 0 Å². The van der Waals surface area contributed by atoms with Gasteiger partial charge in [-0.2, -0.15) is 0 Å². The zero-order valence-corrected chi connectivity index (χ0v) is 43.8. The largest absolute Gasteiger partial charge is 0.462 e. The van der Waals surface area contributed by atoms with Crippen LogP contribution in [0.5, 0.6) is 0 Å². The summed E-state index contributed by atoms with van der Waals surface area (Å²) in [6.07, 6.45) is 56.7. The van der Waals surface area contributed by atoms with E-state index in [1.807, 2.05) is 0 Å². The summed E-state index contributed by atoms with van der Waals surface area (Å²) in [5.74, 6) is -0.0205. The Morgan fingerprint density at radius 3 is 0.766 bits per heavy atom. The molecule has 6 nitrogen and oxygen atoms in total. The lowest BCUT2D eigenvalue weighted by atomic mass is 10.0. The maximum Gasteiger partial charge on any atom is 0.306 e. The first-order valence-corrected chi connectivity index (χ1v) is 28.9. The molecule has 0 aromatic heterocycles. The zero-order chi connectivity index (χ0) is 46.7. The summed E-state index contributed by atoms with van der Waals surface area (Å²) in [5.41, 5.74) is 0. The van der Waals surface area contributed by atoms with Gasteiger partial charge in [0.15, 0.2) is 6.10 Å². The quantitative estimate of drug-likeness (QED) is 0.0344. The minimum absolute atomic E-state index is 0.0622. The molecular weight excluding hydrogens is 793 g/mol. The fraction of sp³-hybridized carbons (Fsp3) is 0.948. The van der Waals surface area contributed by atoms with Gasteiger partial charge >= 0.3 is 17.9 Å². The summed E-state index contributed by atoms with van der Waals surface area (Å²) in [7, 11) is 0. The Hall–Kier alpha value is -1.59. The number of hydrogen-bond donors (Lipinski definition) is 0. The highest BCUT2D eigenvalue weighted by molar-refractivity contribution is 5.71. The highest BCUT2D eigenvalue weighted by atomic mass is 16.6. The van der Waals surface area contributed by atoms with Crippen molar-refractivity contribution in [3.8, 4) is 0 Å². The third-order valence-corrected chi connectivity index (χ3v) is 13.3. The molecule has 0 bridgehead atoms. The number of hydrogen-bond acceptors (Lipinski definition) is 6. The molecule has 0 aromatic rings. The molecule has 380 valence electrons. The number of esters is 3. The van der Waals surface area contributed by atoms with Crippen LogP contribution in [-0.4, -0.2) is 37.2 Å². The molecule has 0 rings (SSSR count). The summed E-state index contributed by atoms with van der Waals surface area (Å²) in [4.78, 5) is 38.1. The molecule has 0 unspecified atom stereocenters. The van der Waals surface area contributed by atoms with Crippen LogP contribution in [0, 0.1) is 5.92 Å². The first kappa shape index (κ1) is 62.4. The van der Waals surface area contributed by atoms with Gasteiger partial charge in [0.2, 0.25) is 0 Å². The third-order valence-electron chi connectivity index (χ3n) is 13.3. The van der Waals surface area contributed by atoms with Crippen LogP contribution in [0.25, 0.3) is 0 Å². The van der Waals surface area contributed by atoms with Crippen LogP contribution in [-0.2, 0) is 28.6 Å². The molecule has 0 aliphatic heterocycles. The number of unbranched alkanes of at least 4 members (excludes halogenated alkanes) is 40. The van der Waals surface area contributed by atoms with Crippen LogP contribution < -0.4 is 0 Å². The van der Waals surface area contributed by atoms with Crippen LogP contribution in [0.3, 0.4) is 0 Å². The summed E-state index contributed by atoms with van der Waals surface area (Å²) in [6, 6.07) is 0. The molecule has 1 atom stereocenters. The fourth-order valence-corrected chi connectivity index (χ4v) is 8.92. The number of carbonyl (C=O) groups is 3. The molecule has 6 heteroatoms. The number of ether oxygens (including phenoxy) is 3. The van der Waals surface area contributed by atoms with E-state index in [9.17, 15) is 14.4 Å². The van der Waals surface area contributed by atoms with Gasteiger partial charge in [-0.25, -0.2) is 0 Å². The number of rotatable bonds is 53. The Kier molecular flexibility index (Phi) is 51.1. The minimum atomic E-state index is -0.762. The van der Waals surface area contributed by atoms with Crippen LogP contribution in [0.1, 0.15) is 329 Å². The minimum Gasteiger partial charge on any atom is -0.462 e. The maximum atomic E-state index is 12.8. The Morgan fingerprint density at radius 1 is 0.297 bits per heavy atom. The molecule has 0 aromatic carbocycles. The Balaban J connectivity index is 4.27. The van der Waals surface area contributed by atoms with E-state index in [1.54, 1.807) is 0 Å². The first-order chi connectivity index (χ1) is 31.4. The maximum absolute atomic E-state index is 12.8. The third kappa shape index (κ3) is 51.4. The summed E-state index contributed by atoms with van der Waals surface area (Å²) < 4.78 is 16.9. The second-order valence-electron chi connectivity index (χ2n) is 20.4. The predicted molar refractivity (Wildman–Crippen MR) is 275 cm³/mol. The van der Waals surface area contributed by atoms with Crippen molar-refractivity contribution in [3.05, 3.63) is 0 Å². The van der Waals surface area contributed by atoms with Crippen molar-refractivity contribution in [1.82, 2.24) is 0 Å². The molecule has 64 heavy (non-hydrogen) atoms. The topological polar surface area (TPSA) is 78.9 Å². The summed E-state index contributed by atoms with van der Waals surface area (Å²) in [6.45, 7) is 9.04. The van der Waals surface area contributed by atoms with Gasteiger partial charge in [0.1, 0.15) is 13.2 Å². The van der Waals surface area contributed by atoms with E-state index in [4.69, 9.17) is 14.2 Å². The second-order valence-corrected chi connectivity index (χ2v) is 20.4. The average molecular weight is 906 g/mol. The van der Waals surface area contributed by atoms with Gasteiger partial charge < -0.3 is 14.2 Å². The molecule has 0 saturated carbocycles. The lowest BCUT2D eigenvalue weighted by Crippen LogP contribution is -2.30. The standard InChI is InChI=1S/C58H112O6/c1-5-7-9-11-13-15-17-19-21-22-23-25-27-29-34-38-42-46-50-57(60)63-53-55(64-58(61)51-47-43-39-35-31-30-32-36-40-44-48-54(3)4)52-62-56(59)49-45-41-37-33-28-26-24-20-18-16-14-12-10-8-6-2/h54-55H,5-53H2,1-4H3/t55-/m0/s1. The van der Waals surface area contributed by atoms with Crippen molar-refractivity contribution in [2.24, 2.45) is 5.92 Å². The SMILES string of the molecule is CCCCCCCCCCCCCCCCCCCCC(=O)OC[C@H](COC(=O)CCCCCCCCCCCCCCCCC)OC(=O)CCCCCCCCCCCCC(C)C.